The maximum absolute atomic E-state index is 9.53. The second-order valence-corrected chi connectivity index (χ2v) is 4.18. The molecule has 5 aromatic rings. The predicted molar refractivity (Wildman–Crippen MR) is 66.0 cm³/mol. The SMILES string of the molecule is Oc1ccc(-c2nc3cncc4c2nc34)cc1O. The number of benzene rings is 1. The van der Waals surface area contributed by atoms with Crippen LogP contribution in [-0.4, -0.2) is 25.2 Å². The first-order valence-electron chi connectivity index (χ1n) is 5.42. The fourth-order valence-electron chi connectivity index (χ4n) is 2.16. The number of phenolic OH excluding ortho intramolecular Hbond substituents is 2. The maximum Gasteiger partial charge on any atom is 0.158 e. The molecule has 1 aromatic carbocycles. The summed E-state index contributed by atoms with van der Waals surface area (Å²) < 4.78 is 0. The lowest BCUT2D eigenvalue weighted by Gasteiger charge is -2.13. The van der Waals surface area contributed by atoms with E-state index in [4.69, 9.17) is 0 Å². The van der Waals surface area contributed by atoms with Crippen LogP contribution in [0, 0.1) is 0 Å². The van der Waals surface area contributed by atoms with Crippen molar-refractivity contribution in [1.29, 1.82) is 0 Å². The minimum Gasteiger partial charge on any atom is -0.504 e. The second kappa shape index (κ2) is 2.95. The largest absolute Gasteiger partial charge is 0.504 e. The Morgan fingerprint density at radius 3 is 2.56 bits per heavy atom. The molecular formula is C13H7N3O2. The summed E-state index contributed by atoms with van der Waals surface area (Å²) >= 11 is 0. The predicted octanol–water partition coefficient (Wildman–Crippen LogP) is 2.13. The Bertz CT molecular complexity index is 844. The van der Waals surface area contributed by atoms with Crippen LogP contribution in [0.1, 0.15) is 0 Å². The molecule has 2 N–H and O–H groups in total. The van der Waals surface area contributed by atoms with Gasteiger partial charge < -0.3 is 10.2 Å². The van der Waals surface area contributed by atoms with Gasteiger partial charge in [-0.15, -0.1) is 0 Å². The van der Waals surface area contributed by atoms with Crippen LogP contribution in [-0.2, 0) is 0 Å². The molecule has 0 aliphatic heterocycles. The van der Waals surface area contributed by atoms with Crippen LogP contribution in [0.5, 0.6) is 11.5 Å². The van der Waals surface area contributed by atoms with Crippen molar-refractivity contribution in [3.63, 3.8) is 0 Å². The van der Waals surface area contributed by atoms with Crippen molar-refractivity contribution in [3.8, 4) is 22.8 Å². The molecule has 0 amide bonds. The van der Waals surface area contributed by atoms with Crippen molar-refractivity contribution in [1.82, 2.24) is 15.0 Å². The fraction of sp³-hybridized carbons (Fsp3) is 0. The zero-order chi connectivity index (χ0) is 12.3. The molecule has 18 heavy (non-hydrogen) atoms. The van der Waals surface area contributed by atoms with E-state index in [1.54, 1.807) is 18.5 Å². The Morgan fingerprint density at radius 2 is 1.78 bits per heavy atom. The molecule has 5 nitrogen and oxygen atoms in total. The van der Waals surface area contributed by atoms with E-state index in [-0.39, 0.29) is 11.5 Å². The molecule has 4 aromatic heterocycles. The second-order valence-electron chi connectivity index (χ2n) is 4.18. The third kappa shape index (κ3) is 1.03. The molecule has 0 atom stereocenters. The standard InChI is InChI=1S/C13H7N3O2/c17-9-2-1-6(3-10(9)18)11-13-7-4-14-5-8(15-11)12(7)16-13/h1-5,17-18H. The van der Waals surface area contributed by atoms with E-state index in [0.29, 0.717) is 5.69 Å². The highest BCUT2D eigenvalue weighted by Gasteiger charge is 2.18. The van der Waals surface area contributed by atoms with Gasteiger partial charge >= 0.3 is 0 Å². The summed E-state index contributed by atoms with van der Waals surface area (Å²) in [6, 6.07) is 4.62. The Balaban J connectivity index is 2.03. The Morgan fingerprint density at radius 1 is 0.889 bits per heavy atom. The minimum atomic E-state index is -0.164. The van der Waals surface area contributed by atoms with Gasteiger partial charge in [-0.25, -0.2) is 9.97 Å². The number of fused-ring (bicyclic) bond motifs is 1. The molecule has 0 saturated heterocycles. The number of hydrogen-bond donors (Lipinski definition) is 2. The zero-order valence-corrected chi connectivity index (χ0v) is 9.12. The minimum absolute atomic E-state index is 0.147. The Hall–Kier alpha value is -2.69. The fourth-order valence-corrected chi connectivity index (χ4v) is 2.16. The molecule has 4 heterocycles. The molecule has 86 valence electrons. The van der Waals surface area contributed by atoms with Gasteiger partial charge in [-0.1, -0.05) is 0 Å². The van der Waals surface area contributed by atoms with Gasteiger partial charge in [0.1, 0.15) is 16.6 Å². The number of nitrogens with zero attached hydrogens (tertiary/aromatic N) is 3. The van der Waals surface area contributed by atoms with E-state index >= 15 is 0 Å². The van der Waals surface area contributed by atoms with E-state index in [1.165, 1.54) is 12.1 Å². The van der Waals surface area contributed by atoms with Gasteiger partial charge in [-0.2, -0.15) is 0 Å². The first-order chi connectivity index (χ1) is 8.74. The van der Waals surface area contributed by atoms with Crippen LogP contribution in [0.2, 0.25) is 0 Å². The summed E-state index contributed by atoms with van der Waals surface area (Å²) in [5.41, 5.74) is 3.83. The third-order valence-electron chi connectivity index (χ3n) is 3.08. The monoisotopic (exact) mass is 237 g/mol. The van der Waals surface area contributed by atoms with Crippen molar-refractivity contribution in [2.45, 2.75) is 0 Å². The van der Waals surface area contributed by atoms with E-state index in [1.807, 2.05) is 0 Å². The van der Waals surface area contributed by atoms with Gasteiger partial charge in [0.2, 0.25) is 0 Å². The Labute approximate surface area is 101 Å². The van der Waals surface area contributed by atoms with Crippen molar-refractivity contribution in [2.75, 3.05) is 0 Å². The molecule has 0 unspecified atom stereocenters. The lowest BCUT2D eigenvalue weighted by atomic mass is 10.0. The molecule has 0 aliphatic carbocycles. The molecule has 0 radical (unpaired) electrons. The topological polar surface area (TPSA) is 79.1 Å². The van der Waals surface area contributed by atoms with Crippen LogP contribution < -0.4 is 0 Å². The van der Waals surface area contributed by atoms with Gasteiger partial charge in [0.25, 0.3) is 0 Å². The molecule has 0 aliphatic rings. The van der Waals surface area contributed by atoms with Gasteiger partial charge in [0.05, 0.1) is 11.9 Å². The summed E-state index contributed by atoms with van der Waals surface area (Å²) in [5, 5.41) is 19.8. The Kier molecular flexibility index (Phi) is 1.53. The van der Waals surface area contributed by atoms with E-state index in [2.05, 4.69) is 15.0 Å². The van der Waals surface area contributed by atoms with E-state index in [0.717, 1.165) is 27.5 Å². The molecule has 0 saturated carbocycles. The summed E-state index contributed by atoms with van der Waals surface area (Å²) in [7, 11) is 0. The van der Waals surface area contributed by atoms with Crippen LogP contribution >= 0.6 is 0 Å². The molecular weight excluding hydrogens is 230 g/mol. The number of phenols is 2. The van der Waals surface area contributed by atoms with Gasteiger partial charge in [0.15, 0.2) is 11.5 Å². The van der Waals surface area contributed by atoms with Crippen LogP contribution in [0.15, 0.2) is 30.6 Å². The summed E-state index contributed by atoms with van der Waals surface area (Å²) in [6.45, 7) is 0. The number of rotatable bonds is 1. The van der Waals surface area contributed by atoms with Gasteiger partial charge in [-0.3, -0.25) is 4.98 Å². The highest BCUT2D eigenvalue weighted by Crippen LogP contribution is 2.37. The zero-order valence-electron chi connectivity index (χ0n) is 9.12. The lowest BCUT2D eigenvalue weighted by molar-refractivity contribution is 0.404. The first kappa shape index (κ1) is 9.35. The van der Waals surface area contributed by atoms with Crippen molar-refractivity contribution < 1.29 is 10.2 Å². The summed E-state index contributed by atoms with van der Waals surface area (Å²) in [5.74, 6) is -0.311. The number of aromatic hydroxyl groups is 2. The lowest BCUT2D eigenvalue weighted by Crippen LogP contribution is -1.99. The maximum atomic E-state index is 9.53. The molecule has 0 spiro atoms. The van der Waals surface area contributed by atoms with Crippen molar-refractivity contribution in [2.24, 2.45) is 0 Å². The average Bonchev–Trinajstić information content (AvgIpc) is 2.35. The van der Waals surface area contributed by atoms with Crippen molar-refractivity contribution in [3.05, 3.63) is 30.6 Å². The molecule has 0 fully saturated rings. The number of pyridine rings is 2. The van der Waals surface area contributed by atoms with Crippen LogP contribution in [0.25, 0.3) is 33.2 Å². The quantitative estimate of drug-likeness (QED) is 0.496. The first-order valence-corrected chi connectivity index (χ1v) is 5.42. The number of hydrogen-bond acceptors (Lipinski definition) is 5. The summed E-state index contributed by atoms with van der Waals surface area (Å²) in [6.07, 6.45) is 3.43. The molecule has 5 heteroatoms. The molecule has 4 bridgehead atoms. The van der Waals surface area contributed by atoms with Crippen LogP contribution in [0.4, 0.5) is 0 Å². The number of aromatic nitrogens is 3. The molecule has 5 rings (SSSR count). The van der Waals surface area contributed by atoms with Gasteiger partial charge in [-0.05, 0) is 18.2 Å². The van der Waals surface area contributed by atoms with E-state index in [9.17, 15) is 10.2 Å². The average molecular weight is 237 g/mol. The third-order valence-corrected chi connectivity index (χ3v) is 3.08. The van der Waals surface area contributed by atoms with Crippen molar-refractivity contribution >= 4 is 21.9 Å². The summed E-state index contributed by atoms with van der Waals surface area (Å²) in [4.78, 5) is 12.9. The smallest absolute Gasteiger partial charge is 0.158 e. The highest BCUT2D eigenvalue weighted by molar-refractivity contribution is 6.13. The van der Waals surface area contributed by atoms with E-state index < -0.39 is 0 Å². The van der Waals surface area contributed by atoms with Gasteiger partial charge in [0, 0.05) is 17.1 Å². The highest BCUT2D eigenvalue weighted by atomic mass is 16.3. The van der Waals surface area contributed by atoms with Crippen LogP contribution in [0.3, 0.4) is 0 Å². The normalized spacial score (nSPS) is 11.8.